The van der Waals surface area contributed by atoms with Crippen molar-refractivity contribution in [1.82, 2.24) is 19.9 Å². The Morgan fingerprint density at radius 3 is 2.33 bits per heavy atom. The summed E-state index contributed by atoms with van der Waals surface area (Å²) in [5, 5.41) is 13.4. The Labute approximate surface area is 157 Å². The molecule has 27 heavy (non-hydrogen) atoms. The Kier molecular flexibility index (Phi) is 5.24. The molecule has 4 rings (SSSR count). The number of aliphatic hydroxyl groups is 1. The van der Waals surface area contributed by atoms with Crippen LogP contribution in [0.1, 0.15) is 6.42 Å². The van der Waals surface area contributed by atoms with Crippen LogP contribution in [0.5, 0.6) is 0 Å². The number of nitrogens with zero attached hydrogens (tertiary/aromatic N) is 6. The monoisotopic (exact) mass is 365 g/mol. The number of hydrogen-bond donors (Lipinski definition) is 2. The van der Waals surface area contributed by atoms with Crippen molar-refractivity contribution < 1.29 is 5.11 Å². The summed E-state index contributed by atoms with van der Waals surface area (Å²) in [6.07, 6.45) is 4.22. The molecule has 3 aromatic rings. The minimum absolute atomic E-state index is 0.159. The first-order valence-electron chi connectivity index (χ1n) is 9.23. The van der Waals surface area contributed by atoms with Crippen LogP contribution in [0.3, 0.4) is 0 Å². The van der Waals surface area contributed by atoms with Gasteiger partial charge in [-0.15, -0.1) is 0 Å². The Hall–Kier alpha value is -3.00. The van der Waals surface area contributed by atoms with Gasteiger partial charge in [-0.25, -0.2) is 15.0 Å². The maximum atomic E-state index is 9.04. The molecule has 0 atom stereocenters. The van der Waals surface area contributed by atoms with Crippen LogP contribution in [-0.4, -0.2) is 64.4 Å². The van der Waals surface area contributed by atoms with Gasteiger partial charge in [-0.3, -0.25) is 0 Å². The minimum Gasteiger partial charge on any atom is -0.396 e. The van der Waals surface area contributed by atoms with Crippen LogP contribution in [0.2, 0.25) is 0 Å². The predicted octanol–water partition coefficient (Wildman–Crippen LogP) is 1.54. The van der Waals surface area contributed by atoms with Crippen molar-refractivity contribution in [3.63, 3.8) is 0 Å². The molecule has 2 aromatic heterocycles. The predicted molar refractivity (Wildman–Crippen MR) is 106 cm³/mol. The van der Waals surface area contributed by atoms with Gasteiger partial charge >= 0.3 is 0 Å². The van der Waals surface area contributed by atoms with E-state index in [0.29, 0.717) is 13.0 Å². The average molecular weight is 365 g/mol. The summed E-state index contributed by atoms with van der Waals surface area (Å²) in [5.74, 6) is 2.31. The third kappa shape index (κ3) is 3.90. The second-order valence-corrected chi connectivity index (χ2v) is 6.42. The number of aromatic nitrogens is 4. The Morgan fingerprint density at radius 1 is 0.889 bits per heavy atom. The normalized spacial score (nSPS) is 14.6. The van der Waals surface area contributed by atoms with Crippen molar-refractivity contribution >= 4 is 28.6 Å². The molecule has 0 spiro atoms. The number of rotatable bonds is 6. The zero-order valence-corrected chi connectivity index (χ0v) is 15.1. The van der Waals surface area contributed by atoms with Gasteiger partial charge in [-0.05, 0) is 24.6 Å². The zero-order chi connectivity index (χ0) is 18.5. The standard InChI is InChI=1S/C19H23N7O/c27-14-4-9-20-17-15-5-1-2-6-16(15)23-19(24-17)26-12-10-25(11-13-26)18-21-7-3-8-22-18/h1-3,5-8,27H,4,9-14H2,(H,20,23,24). The number of piperazine rings is 1. The van der Waals surface area contributed by atoms with Gasteiger partial charge in [0.1, 0.15) is 5.82 Å². The second-order valence-electron chi connectivity index (χ2n) is 6.42. The van der Waals surface area contributed by atoms with E-state index in [9.17, 15) is 0 Å². The summed E-state index contributed by atoms with van der Waals surface area (Å²) < 4.78 is 0. The fourth-order valence-electron chi connectivity index (χ4n) is 3.19. The molecule has 2 N–H and O–H groups in total. The quantitative estimate of drug-likeness (QED) is 0.636. The maximum Gasteiger partial charge on any atom is 0.228 e. The van der Waals surface area contributed by atoms with E-state index in [1.165, 1.54) is 0 Å². The summed E-state index contributed by atoms with van der Waals surface area (Å²) in [7, 11) is 0. The average Bonchev–Trinajstić information content (AvgIpc) is 2.74. The third-order valence-corrected chi connectivity index (χ3v) is 4.62. The first-order valence-corrected chi connectivity index (χ1v) is 9.23. The van der Waals surface area contributed by atoms with Gasteiger partial charge in [0.2, 0.25) is 11.9 Å². The van der Waals surface area contributed by atoms with Crippen LogP contribution in [0.4, 0.5) is 17.7 Å². The highest BCUT2D eigenvalue weighted by Crippen LogP contribution is 2.24. The molecule has 1 fully saturated rings. The molecule has 0 bridgehead atoms. The molecular weight excluding hydrogens is 342 g/mol. The molecule has 0 unspecified atom stereocenters. The van der Waals surface area contributed by atoms with Gasteiger partial charge in [0, 0.05) is 57.1 Å². The molecule has 1 aromatic carbocycles. The van der Waals surface area contributed by atoms with Gasteiger partial charge in [0.25, 0.3) is 0 Å². The summed E-state index contributed by atoms with van der Waals surface area (Å²) in [6.45, 7) is 4.11. The number of fused-ring (bicyclic) bond motifs is 1. The molecule has 1 saturated heterocycles. The van der Waals surface area contributed by atoms with Crippen LogP contribution in [-0.2, 0) is 0 Å². The maximum absolute atomic E-state index is 9.04. The van der Waals surface area contributed by atoms with E-state index in [0.717, 1.165) is 54.8 Å². The Bertz CT molecular complexity index is 882. The Balaban J connectivity index is 1.53. The SMILES string of the molecule is OCCCNc1nc(N2CCN(c3ncccn3)CC2)nc2ccccc12. The summed E-state index contributed by atoms with van der Waals surface area (Å²) >= 11 is 0. The van der Waals surface area contributed by atoms with Crippen LogP contribution in [0, 0.1) is 0 Å². The number of nitrogens with one attached hydrogen (secondary N) is 1. The summed E-state index contributed by atoms with van der Waals surface area (Å²) in [5.41, 5.74) is 0.919. The van der Waals surface area contributed by atoms with Crippen molar-refractivity contribution in [1.29, 1.82) is 0 Å². The van der Waals surface area contributed by atoms with Crippen molar-refractivity contribution in [2.45, 2.75) is 6.42 Å². The highest BCUT2D eigenvalue weighted by Gasteiger charge is 2.21. The van der Waals surface area contributed by atoms with Crippen LogP contribution >= 0.6 is 0 Å². The van der Waals surface area contributed by atoms with Crippen molar-refractivity contribution in [2.24, 2.45) is 0 Å². The van der Waals surface area contributed by atoms with Crippen LogP contribution < -0.4 is 15.1 Å². The fraction of sp³-hybridized carbons (Fsp3) is 0.368. The number of hydrogen-bond acceptors (Lipinski definition) is 8. The largest absolute Gasteiger partial charge is 0.396 e. The van der Waals surface area contributed by atoms with Crippen molar-refractivity contribution in [3.8, 4) is 0 Å². The van der Waals surface area contributed by atoms with Crippen LogP contribution in [0.25, 0.3) is 10.9 Å². The highest BCUT2D eigenvalue weighted by atomic mass is 16.3. The van der Waals surface area contributed by atoms with Gasteiger partial charge < -0.3 is 20.2 Å². The molecule has 8 heteroatoms. The topological polar surface area (TPSA) is 90.3 Å². The first-order chi connectivity index (χ1) is 13.3. The molecule has 3 heterocycles. The van der Waals surface area contributed by atoms with Crippen LogP contribution in [0.15, 0.2) is 42.7 Å². The van der Waals surface area contributed by atoms with Crippen molar-refractivity contribution in [2.75, 3.05) is 54.4 Å². The smallest absolute Gasteiger partial charge is 0.228 e. The number of aliphatic hydroxyl groups excluding tert-OH is 1. The van der Waals surface area contributed by atoms with Gasteiger partial charge in [-0.1, -0.05) is 12.1 Å². The number of anilines is 3. The third-order valence-electron chi connectivity index (χ3n) is 4.62. The van der Waals surface area contributed by atoms with E-state index < -0.39 is 0 Å². The van der Waals surface area contributed by atoms with E-state index >= 15 is 0 Å². The van der Waals surface area contributed by atoms with Gasteiger partial charge in [-0.2, -0.15) is 4.98 Å². The molecule has 0 radical (unpaired) electrons. The van der Waals surface area contributed by atoms with E-state index in [2.05, 4.69) is 25.1 Å². The second kappa shape index (κ2) is 8.13. The van der Waals surface area contributed by atoms with Gasteiger partial charge in [0.05, 0.1) is 5.52 Å². The van der Waals surface area contributed by atoms with E-state index in [-0.39, 0.29) is 6.61 Å². The molecule has 8 nitrogen and oxygen atoms in total. The Morgan fingerprint density at radius 2 is 1.59 bits per heavy atom. The molecular formula is C19H23N7O. The highest BCUT2D eigenvalue weighted by molar-refractivity contribution is 5.90. The molecule has 1 aliphatic heterocycles. The summed E-state index contributed by atoms with van der Waals surface area (Å²) in [6, 6.07) is 9.83. The summed E-state index contributed by atoms with van der Waals surface area (Å²) in [4.78, 5) is 22.6. The fourth-order valence-corrected chi connectivity index (χ4v) is 3.19. The van der Waals surface area contributed by atoms with E-state index in [1.807, 2.05) is 30.3 Å². The lowest BCUT2D eigenvalue weighted by Crippen LogP contribution is -2.47. The molecule has 1 aliphatic rings. The van der Waals surface area contributed by atoms with E-state index in [1.54, 1.807) is 12.4 Å². The van der Waals surface area contributed by atoms with E-state index in [4.69, 9.17) is 15.1 Å². The van der Waals surface area contributed by atoms with Gasteiger partial charge in [0.15, 0.2) is 0 Å². The molecule has 0 amide bonds. The molecule has 0 saturated carbocycles. The first kappa shape index (κ1) is 17.4. The lowest BCUT2D eigenvalue weighted by molar-refractivity contribution is 0.292. The minimum atomic E-state index is 0.159. The lowest BCUT2D eigenvalue weighted by Gasteiger charge is -2.34. The number of benzene rings is 1. The lowest BCUT2D eigenvalue weighted by atomic mass is 10.2. The van der Waals surface area contributed by atoms with Crippen molar-refractivity contribution in [3.05, 3.63) is 42.7 Å². The molecule has 140 valence electrons. The number of para-hydroxylation sites is 1. The zero-order valence-electron chi connectivity index (χ0n) is 15.1. The molecule has 0 aliphatic carbocycles.